The van der Waals surface area contributed by atoms with Crippen molar-refractivity contribution in [2.45, 2.75) is 38.0 Å². The van der Waals surface area contributed by atoms with Crippen LogP contribution >= 0.6 is 0 Å². The van der Waals surface area contributed by atoms with Gasteiger partial charge in [-0.15, -0.1) is 0 Å². The zero-order valence-electron chi connectivity index (χ0n) is 14.0. The van der Waals surface area contributed by atoms with E-state index in [2.05, 4.69) is 18.2 Å². The van der Waals surface area contributed by atoms with E-state index < -0.39 is 0 Å². The Morgan fingerprint density at radius 3 is 2.96 bits per heavy atom. The van der Waals surface area contributed by atoms with Crippen molar-refractivity contribution in [3.8, 4) is 0 Å². The quantitative estimate of drug-likeness (QED) is 0.658. The van der Waals surface area contributed by atoms with Gasteiger partial charge < -0.3 is 4.42 Å². The normalized spacial score (nSPS) is 18.3. The predicted molar refractivity (Wildman–Crippen MR) is 98.1 cm³/mol. The van der Waals surface area contributed by atoms with Crippen LogP contribution in [0.3, 0.4) is 0 Å². The fourth-order valence-electron chi connectivity index (χ4n) is 4.29. The fraction of sp³-hybridized carbons (Fsp3) is 0.273. The third-order valence-corrected chi connectivity index (χ3v) is 5.42. The van der Waals surface area contributed by atoms with Crippen LogP contribution in [0.2, 0.25) is 0 Å². The molecule has 0 spiro atoms. The molecule has 0 saturated heterocycles. The molecule has 124 valence electrons. The maximum atomic E-state index is 12.4. The number of hydrogen-bond acceptors (Lipinski definition) is 3. The highest BCUT2D eigenvalue weighted by molar-refractivity contribution is 5.80. The van der Waals surface area contributed by atoms with Crippen LogP contribution in [-0.4, -0.2) is 4.98 Å². The van der Waals surface area contributed by atoms with Gasteiger partial charge in [0.2, 0.25) is 0 Å². The van der Waals surface area contributed by atoms with Gasteiger partial charge in [-0.3, -0.25) is 0 Å². The van der Waals surface area contributed by atoms with Gasteiger partial charge in [-0.25, -0.2) is 9.78 Å². The molecule has 3 heteroatoms. The first-order chi connectivity index (χ1) is 12.3. The zero-order chi connectivity index (χ0) is 16.8. The lowest BCUT2D eigenvalue weighted by atomic mass is 9.76. The molecule has 0 unspecified atom stereocenters. The van der Waals surface area contributed by atoms with E-state index in [1.807, 2.05) is 30.3 Å². The van der Waals surface area contributed by atoms with Crippen molar-refractivity contribution in [1.29, 1.82) is 0 Å². The van der Waals surface area contributed by atoms with Crippen molar-refractivity contribution >= 4 is 11.1 Å². The predicted octanol–water partition coefficient (Wildman–Crippen LogP) is 4.31. The second-order valence-corrected chi connectivity index (χ2v) is 7.02. The van der Waals surface area contributed by atoms with Gasteiger partial charge in [0.15, 0.2) is 5.58 Å². The van der Waals surface area contributed by atoms with Crippen LogP contribution in [0.5, 0.6) is 0 Å². The molecule has 2 aliphatic carbocycles. The summed E-state index contributed by atoms with van der Waals surface area (Å²) in [6.45, 7) is 0. The molecule has 25 heavy (non-hydrogen) atoms. The fourth-order valence-corrected chi connectivity index (χ4v) is 4.29. The minimum Gasteiger partial charge on any atom is -0.420 e. The van der Waals surface area contributed by atoms with Gasteiger partial charge in [-0.1, -0.05) is 42.5 Å². The summed E-state index contributed by atoms with van der Waals surface area (Å²) in [5.74, 6) is 0.503. The highest BCUT2D eigenvalue weighted by atomic mass is 16.4. The number of nitrogens with zero attached hydrogens (tertiary/aromatic N) is 1. The molecule has 2 aliphatic rings. The summed E-state index contributed by atoms with van der Waals surface area (Å²) >= 11 is 0. The van der Waals surface area contributed by atoms with E-state index in [1.165, 1.54) is 29.5 Å². The number of hydrogen-bond donors (Lipinski definition) is 0. The molecule has 0 amide bonds. The molecule has 0 radical (unpaired) electrons. The van der Waals surface area contributed by atoms with Gasteiger partial charge in [0.05, 0.1) is 0 Å². The van der Waals surface area contributed by atoms with E-state index in [1.54, 1.807) is 0 Å². The number of aryl methyl sites for hydroxylation is 1. The van der Waals surface area contributed by atoms with Gasteiger partial charge in [0.1, 0.15) is 11.2 Å². The lowest BCUT2D eigenvalue weighted by Crippen LogP contribution is -2.17. The summed E-state index contributed by atoms with van der Waals surface area (Å²) in [6.07, 6.45) is 9.42. The topological polar surface area (TPSA) is 43.1 Å². The Morgan fingerprint density at radius 2 is 2.08 bits per heavy atom. The van der Waals surface area contributed by atoms with Gasteiger partial charge in [0, 0.05) is 12.3 Å². The van der Waals surface area contributed by atoms with Gasteiger partial charge in [-0.05, 0) is 54.0 Å². The van der Waals surface area contributed by atoms with Crippen LogP contribution in [0.15, 0.2) is 57.8 Å². The monoisotopic (exact) mass is 329 g/mol. The lowest BCUT2D eigenvalue weighted by molar-refractivity contribution is 0.540. The summed E-state index contributed by atoms with van der Waals surface area (Å²) in [5.41, 5.74) is 6.81. The molecule has 1 aromatic heterocycles. The van der Waals surface area contributed by atoms with Crippen molar-refractivity contribution in [3.63, 3.8) is 0 Å². The van der Waals surface area contributed by atoms with Crippen molar-refractivity contribution in [2.24, 2.45) is 0 Å². The van der Waals surface area contributed by atoms with Crippen LogP contribution in [-0.2, 0) is 19.3 Å². The third kappa shape index (κ3) is 2.42. The summed E-state index contributed by atoms with van der Waals surface area (Å²) in [7, 11) is 0. The van der Waals surface area contributed by atoms with Gasteiger partial charge in [0.25, 0.3) is 0 Å². The average Bonchev–Trinajstić information content (AvgIpc) is 2.64. The van der Waals surface area contributed by atoms with Crippen LogP contribution in [0.4, 0.5) is 0 Å². The summed E-state index contributed by atoms with van der Waals surface area (Å²) in [5, 5.41) is 0. The molecule has 3 aromatic rings. The van der Waals surface area contributed by atoms with Crippen LogP contribution in [0.25, 0.3) is 11.1 Å². The molecule has 0 N–H and O–H groups in total. The Morgan fingerprint density at radius 1 is 1.20 bits per heavy atom. The molecule has 2 aromatic carbocycles. The summed E-state index contributed by atoms with van der Waals surface area (Å²) in [4.78, 5) is 17.2. The largest absolute Gasteiger partial charge is 0.420 e. The molecule has 3 nitrogen and oxygen atoms in total. The first kappa shape index (κ1) is 14.6. The maximum absolute atomic E-state index is 12.4. The summed E-state index contributed by atoms with van der Waals surface area (Å²) < 4.78 is 5.69. The van der Waals surface area contributed by atoms with E-state index in [0.717, 1.165) is 23.9 Å². The molecule has 0 aliphatic heterocycles. The molecule has 0 bridgehead atoms. The average molecular weight is 329 g/mol. The van der Waals surface area contributed by atoms with E-state index in [4.69, 9.17) is 9.40 Å². The molecular weight excluding hydrogens is 310 g/mol. The first-order valence-corrected chi connectivity index (χ1v) is 8.98. The Hall–Kier alpha value is -2.68. The molecule has 0 saturated carbocycles. The number of aromatic nitrogens is 1. The smallest absolute Gasteiger partial charge is 0.358 e. The molecule has 5 rings (SSSR count). The number of benzene rings is 2. The summed E-state index contributed by atoms with van der Waals surface area (Å²) in [6, 6.07) is 12.0. The van der Waals surface area contributed by atoms with E-state index in [0.29, 0.717) is 23.6 Å². The second-order valence-electron chi connectivity index (χ2n) is 7.02. The molecule has 1 heterocycles. The van der Waals surface area contributed by atoms with Crippen molar-refractivity contribution in [3.05, 3.63) is 86.9 Å². The van der Waals surface area contributed by atoms with Crippen molar-refractivity contribution in [1.82, 2.24) is 4.98 Å². The second kappa shape index (κ2) is 5.69. The lowest BCUT2D eigenvalue weighted by Gasteiger charge is -2.29. The molecule has 1 atom stereocenters. The van der Waals surface area contributed by atoms with Crippen LogP contribution < -0.4 is 5.63 Å². The van der Waals surface area contributed by atoms with E-state index in [9.17, 15) is 4.79 Å². The number of allylic oxidation sites excluding steroid dienone is 2. The number of fused-ring (bicyclic) bond motifs is 2. The van der Waals surface area contributed by atoms with Crippen LogP contribution in [0.1, 0.15) is 46.7 Å². The first-order valence-electron chi connectivity index (χ1n) is 8.98. The highest BCUT2D eigenvalue weighted by Gasteiger charge is 2.27. The van der Waals surface area contributed by atoms with Crippen molar-refractivity contribution < 1.29 is 4.42 Å². The molecule has 0 fully saturated rings. The maximum Gasteiger partial charge on any atom is 0.358 e. The van der Waals surface area contributed by atoms with Gasteiger partial charge in [-0.2, -0.15) is 0 Å². The Bertz CT molecular complexity index is 1050. The van der Waals surface area contributed by atoms with Gasteiger partial charge >= 0.3 is 5.63 Å². The Kier molecular flexibility index (Phi) is 3.34. The molecular formula is C22H19NO2. The standard InChI is InChI=1S/C22H19NO2/c24-22-18(12-14-6-2-1-3-7-14)23-21-17-11-5-9-15-8-4-10-16(20(15)17)13-19(21)25-22/h1-3,5-7,9,13,15H,4,8,10-12H2/t15-/m1/s1. The van der Waals surface area contributed by atoms with E-state index >= 15 is 0 Å². The Balaban J connectivity index is 1.70. The Labute approximate surface area is 146 Å². The zero-order valence-corrected chi connectivity index (χ0v) is 14.0. The third-order valence-electron chi connectivity index (χ3n) is 5.42. The number of rotatable bonds is 2. The minimum atomic E-state index is -0.317. The SMILES string of the molecule is O=c1oc2cc3c4c(c2nc1Cc1ccccc1)CC=C[C@H]4CCC3. The highest BCUT2D eigenvalue weighted by Crippen LogP contribution is 2.40. The minimum absolute atomic E-state index is 0.317. The van der Waals surface area contributed by atoms with E-state index in [-0.39, 0.29) is 5.63 Å². The van der Waals surface area contributed by atoms with Crippen LogP contribution in [0, 0.1) is 0 Å². The van der Waals surface area contributed by atoms with Crippen molar-refractivity contribution in [2.75, 3.05) is 0 Å².